The summed E-state index contributed by atoms with van der Waals surface area (Å²) in [5.74, 6) is -1.06. The number of amides is 1. The van der Waals surface area contributed by atoms with E-state index in [1.807, 2.05) is 0 Å². The lowest BCUT2D eigenvalue weighted by molar-refractivity contribution is -0.118. The summed E-state index contributed by atoms with van der Waals surface area (Å²) in [6.07, 6.45) is 0.521. The molecule has 98 valence electrons. The molecule has 1 amide bonds. The molecule has 4 nitrogen and oxygen atoms in total. The molecule has 2 N–H and O–H groups in total. The normalized spacial score (nSPS) is 18.7. The van der Waals surface area contributed by atoms with Gasteiger partial charge in [0.2, 0.25) is 5.91 Å². The van der Waals surface area contributed by atoms with E-state index in [4.69, 9.17) is 5.73 Å². The van der Waals surface area contributed by atoms with Crippen LogP contribution in [0, 0.1) is 5.82 Å². The first kappa shape index (κ1) is 14.3. The van der Waals surface area contributed by atoms with Crippen molar-refractivity contribution in [2.24, 2.45) is 5.73 Å². The Morgan fingerprint density at radius 2 is 2.17 bits per heavy atom. The number of anilines is 1. The Morgan fingerprint density at radius 3 is 2.61 bits per heavy atom. The third-order valence-electron chi connectivity index (χ3n) is 2.89. The second-order valence-electron chi connectivity index (χ2n) is 4.11. The van der Waals surface area contributed by atoms with Gasteiger partial charge in [-0.15, -0.1) is 0 Å². The fourth-order valence-electron chi connectivity index (χ4n) is 1.89. The van der Waals surface area contributed by atoms with Crippen molar-refractivity contribution >= 4 is 17.4 Å². The van der Waals surface area contributed by atoms with Crippen LogP contribution in [0.1, 0.15) is 31.1 Å². The third-order valence-corrected chi connectivity index (χ3v) is 2.89. The summed E-state index contributed by atoms with van der Waals surface area (Å²) in [5.41, 5.74) is 6.05. The van der Waals surface area contributed by atoms with Crippen molar-refractivity contribution in [1.29, 1.82) is 0 Å². The Kier molecular flexibility index (Phi) is 4.19. The summed E-state index contributed by atoms with van der Waals surface area (Å²) >= 11 is 0. The van der Waals surface area contributed by atoms with Gasteiger partial charge < -0.3 is 10.6 Å². The Labute approximate surface area is 106 Å². The number of hydrogen-bond donors (Lipinski definition) is 1. The molecule has 0 aromatic heterocycles. The predicted molar refractivity (Wildman–Crippen MR) is 68.1 cm³/mol. The maximum Gasteiger partial charge on any atom is 0.244 e. The molecule has 0 bridgehead atoms. The van der Waals surface area contributed by atoms with Crippen LogP contribution >= 0.6 is 0 Å². The van der Waals surface area contributed by atoms with Gasteiger partial charge in [-0.25, -0.2) is 4.39 Å². The monoisotopic (exact) mass is 252 g/mol. The van der Waals surface area contributed by atoms with Crippen molar-refractivity contribution < 1.29 is 14.0 Å². The lowest BCUT2D eigenvalue weighted by Crippen LogP contribution is -2.34. The zero-order valence-corrected chi connectivity index (χ0v) is 9.44. The molecule has 1 aliphatic rings. The molecule has 1 unspecified atom stereocenters. The van der Waals surface area contributed by atoms with Crippen molar-refractivity contribution in [3.05, 3.63) is 29.6 Å². The summed E-state index contributed by atoms with van der Waals surface area (Å²) in [4.78, 5) is 24.0. The quantitative estimate of drug-likeness (QED) is 0.815. The minimum atomic E-state index is -0.569. The zero-order chi connectivity index (χ0) is 12.6. The number of halogens is 1. The molecule has 0 aliphatic carbocycles. The number of carbonyl (C=O) groups is 2. The fraction of sp³-hybridized carbons (Fsp3) is 0.385. The van der Waals surface area contributed by atoms with E-state index in [1.165, 1.54) is 24.0 Å². The van der Waals surface area contributed by atoms with Gasteiger partial charge in [-0.1, -0.05) is 7.43 Å². The number of Topliss-reactive ketones (excluding diaryl/α,β-unsaturated/α-hetero) is 1. The van der Waals surface area contributed by atoms with Crippen LogP contribution in [0.2, 0.25) is 0 Å². The summed E-state index contributed by atoms with van der Waals surface area (Å²) in [6, 6.07) is 3.55. The summed E-state index contributed by atoms with van der Waals surface area (Å²) < 4.78 is 13.8. The second kappa shape index (κ2) is 5.27. The topological polar surface area (TPSA) is 63.4 Å². The van der Waals surface area contributed by atoms with Crippen LogP contribution in [0.5, 0.6) is 0 Å². The van der Waals surface area contributed by atoms with Crippen LogP contribution in [-0.4, -0.2) is 24.3 Å². The Hall–Kier alpha value is -1.75. The molecule has 2 rings (SSSR count). The molecule has 0 spiro atoms. The van der Waals surface area contributed by atoms with E-state index in [9.17, 15) is 14.0 Å². The van der Waals surface area contributed by atoms with Crippen LogP contribution in [0.25, 0.3) is 0 Å². The highest BCUT2D eigenvalue weighted by molar-refractivity contribution is 6.00. The SMILES string of the molecule is C.CC(=O)c1ccc(N2CCC(N)C2=O)c(F)c1. The molecule has 1 atom stereocenters. The Morgan fingerprint density at radius 1 is 1.50 bits per heavy atom. The predicted octanol–water partition coefficient (Wildman–Crippen LogP) is 1.73. The fourth-order valence-corrected chi connectivity index (χ4v) is 1.89. The molecular formula is C13H17FN2O2. The van der Waals surface area contributed by atoms with Gasteiger partial charge in [0.15, 0.2) is 5.78 Å². The van der Waals surface area contributed by atoms with Crippen LogP contribution in [-0.2, 0) is 4.79 Å². The minimum Gasteiger partial charge on any atom is -0.320 e. The number of hydrogen-bond acceptors (Lipinski definition) is 3. The number of rotatable bonds is 2. The highest BCUT2D eigenvalue weighted by Crippen LogP contribution is 2.25. The number of carbonyl (C=O) groups excluding carboxylic acids is 2. The van der Waals surface area contributed by atoms with Gasteiger partial charge >= 0.3 is 0 Å². The van der Waals surface area contributed by atoms with E-state index >= 15 is 0 Å². The first-order valence-electron chi connectivity index (χ1n) is 5.38. The van der Waals surface area contributed by atoms with Gasteiger partial charge in [0.05, 0.1) is 11.7 Å². The maximum atomic E-state index is 13.8. The molecule has 18 heavy (non-hydrogen) atoms. The summed E-state index contributed by atoms with van der Waals surface area (Å²) in [6.45, 7) is 1.78. The number of nitrogens with two attached hydrogens (primary N) is 1. The standard InChI is InChI=1S/C12H13FN2O2.CH4/c1-7(16)8-2-3-11(9(13)6-8)15-5-4-10(14)12(15)17;/h2-3,6,10H,4-5,14H2,1H3;1H4. The lowest BCUT2D eigenvalue weighted by atomic mass is 10.1. The number of benzene rings is 1. The highest BCUT2D eigenvalue weighted by Gasteiger charge is 2.31. The van der Waals surface area contributed by atoms with E-state index in [2.05, 4.69) is 0 Å². The summed E-state index contributed by atoms with van der Waals surface area (Å²) in [7, 11) is 0. The van der Waals surface area contributed by atoms with Crippen molar-refractivity contribution in [3.63, 3.8) is 0 Å². The van der Waals surface area contributed by atoms with E-state index < -0.39 is 11.9 Å². The molecule has 1 heterocycles. The average molecular weight is 252 g/mol. The molecule has 1 aromatic carbocycles. The van der Waals surface area contributed by atoms with E-state index in [-0.39, 0.29) is 24.8 Å². The van der Waals surface area contributed by atoms with Gasteiger partial charge in [0, 0.05) is 12.1 Å². The van der Waals surface area contributed by atoms with Crippen LogP contribution in [0.15, 0.2) is 18.2 Å². The lowest BCUT2D eigenvalue weighted by Gasteiger charge is -2.17. The van der Waals surface area contributed by atoms with Gasteiger partial charge in [0.1, 0.15) is 5.82 Å². The van der Waals surface area contributed by atoms with Gasteiger partial charge in [0.25, 0.3) is 0 Å². The van der Waals surface area contributed by atoms with Gasteiger partial charge in [-0.05, 0) is 31.5 Å². The number of nitrogens with zero attached hydrogens (tertiary/aromatic N) is 1. The zero-order valence-electron chi connectivity index (χ0n) is 9.44. The smallest absolute Gasteiger partial charge is 0.244 e. The average Bonchev–Trinajstić information content (AvgIpc) is 2.60. The van der Waals surface area contributed by atoms with E-state index in [0.29, 0.717) is 18.5 Å². The molecule has 0 radical (unpaired) electrons. The van der Waals surface area contributed by atoms with Gasteiger partial charge in [-0.3, -0.25) is 9.59 Å². The highest BCUT2D eigenvalue weighted by atomic mass is 19.1. The largest absolute Gasteiger partial charge is 0.320 e. The van der Waals surface area contributed by atoms with E-state index in [0.717, 1.165) is 6.07 Å². The van der Waals surface area contributed by atoms with Crippen molar-refractivity contribution in [2.75, 3.05) is 11.4 Å². The Bertz CT molecular complexity index is 488. The summed E-state index contributed by atoms with van der Waals surface area (Å²) in [5, 5.41) is 0. The van der Waals surface area contributed by atoms with Crippen LogP contribution < -0.4 is 10.6 Å². The van der Waals surface area contributed by atoms with E-state index in [1.54, 1.807) is 0 Å². The molecule has 1 aliphatic heterocycles. The minimum absolute atomic E-state index is 0. The number of ketones is 1. The van der Waals surface area contributed by atoms with Crippen LogP contribution in [0.4, 0.5) is 10.1 Å². The molecule has 0 saturated carbocycles. The first-order valence-corrected chi connectivity index (χ1v) is 5.38. The third kappa shape index (κ3) is 2.41. The van der Waals surface area contributed by atoms with Crippen molar-refractivity contribution in [1.82, 2.24) is 0 Å². The Balaban J connectivity index is 0.00000162. The molecule has 1 fully saturated rings. The second-order valence-corrected chi connectivity index (χ2v) is 4.11. The molecule has 5 heteroatoms. The van der Waals surface area contributed by atoms with Gasteiger partial charge in [-0.2, -0.15) is 0 Å². The molecule has 1 saturated heterocycles. The van der Waals surface area contributed by atoms with Crippen LogP contribution in [0.3, 0.4) is 0 Å². The van der Waals surface area contributed by atoms with Crippen molar-refractivity contribution in [3.8, 4) is 0 Å². The first-order chi connectivity index (χ1) is 8.00. The molecular weight excluding hydrogens is 235 g/mol. The van der Waals surface area contributed by atoms with Crippen molar-refractivity contribution in [2.45, 2.75) is 26.8 Å². The maximum absolute atomic E-state index is 13.8. The molecule has 1 aromatic rings.